The van der Waals surface area contributed by atoms with Crippen LogP contribution in [0.2, 0.25) is 0 Å². The molecule has 1 heterocycles. The molecule has 1 atom stereocenters. The molecule has 0 spiro atoms. The van der Waals surface area contributed by atoms with E-state index in [2.05, 4.69) is 0 Å². The van der Waals surface area contributed by atoms with Crippen molar-refractivity contribution >= 4 is 5.91 Å². The van der Waals surface area contributed by atoms with Crippen LogP contribution in [0, 0.1) is 0 Å². The first-order valence-electron chi connectivity index (χ1n) is 2.44. The van der Waals surface area contributed by atoms with Gasteiger partial charge in [-0.3, -0.25) is 9.63 Å². The van der Waals surface area contributed by atoms with E-state index in [4.69, 9.17) is 10.7 Å². The van der Waals surface area contributed by atoms with Crippen LogP contribution in [0.5, 0.6) is 0 Å². The molecule has 0 aromatic heterocycles. The van der Waals surface area contributed by atoms with Crippen molar-refractivity contribution in [3.8, 4) is 0 Å². The van der Waals surface area contributed by atoms with E-state index < -0.39 is 0 Å². The number of nitrogens with two attached hydrogens (primary N) is 1. The van der Waals surface area contributed by atoms with Gasteiger partial charge in [0.1, 0.15) is 0 Å². The minimum atomic E-state index is -0.155. The van der Waals surface area contributed by atoms with E-state index in [9.17, 15) is 4.79 Å². The Bertz CT molecular complexity index is 115. The van der Waals surface area contributed by atoms with Gasteiger partial charge >= 0.3 is 0 Å². The summed E-state index contributed by atoms with van der Waals surface area (Å²) in [4.78, 5) is 15.2. The molecule has 1 aliphatic rings. The van der Waals surface area contributed by atoms with Crippen molar-refractivity contribution in [2.24, 2.45) is 5.84 Å². The Labute approximate surface area is 47.1 Å². The normalized spacial score (nSPS) is 29.5. The zero-order valence-corrected chi connectivity index (χ0v) is 4.63. The second-order valence-corrected chi connectivity index (χ2v) is 1.84. The van der Waals surface area contributed by atoms with E-state index >= 15 is 0 Å². The molecular weight excluding hydrogens is 108 g/mol. The van der Waals surface area contributed by atoms with Crippen LogP contribution in [0.25, 0.3) is 0 Å². The second kappa shape index (κ2) is 1.72. The highest BCUT2D eigenvalue weighted by Gasteiger charge is 2.24. The first kappa shape index (κ1) is 5.53. The molecule has 1 amide bonds. The summed E-state index contributed by atoms with van der Waals surface area (Å²) in [6.07, 6.45) is 0.351. The van der Waals surface area contributed by atoms with Gasteiger partial charge in [-0.25, -0.2) is 5.84 Å². The fourth-order valence-corrected chi connectivity index (χ4v) is 0.626. The van der Waals surface area contributed by atoms with Crippen molar-refractivity contribution in [3.63, 3.8) is 0 Å². The Hall–Kier alpha value is -0.610. The molecular formula is C4H8N2O2. The van der Waals surface area contributed by atoms with E-state index in [1.54, 1.807) is 6.92 Å². The molecule has 0 bridgehead atoms. The summed E-state index contributed by atoms with van der Waals surface area (Å²) in [6, 6.07) is 0. The van der Waals surface area contributed by atoms with Crippen molar-refractivity contribution in [2.75, 3.05) is 0 Å². The van der Waals surface area contributed by atoms with E-state index in [0.717, 1.165) is 5.17 Å². The van der Waals surface area contributed by atoms with Crippen molar-refractivity contribution in [2.45, 2.75) is 19.4 Å². The molecule has 0 aromatic rings. The first-order valence-corrected chi connectivity index (χ1v) is 2.44. The molecule has 0 aliphatic carbocycles. The highest BCUT2D eigenvalue weighted by Crippen LogP contribution is 2.08. The number of hydrogen-bond acceptors (Lipinski definition) is 3. The molecule has 1 rings (SSSR count). The van der Waals surface area contributed by atoms with Crippen LogP contribution in [0.1, 0.15) is 13.3 Å². The molecule has 0 saturated carbocycles. The number of hydrazine groups is 1. The summed E-state index contributed by atoms with van der Waals surface area (Å²) in [6.45, 7) is 1.80. The highest BCUT2D eigenvalue weighted by molar-refractivity contribution is 5.76. The largest absolute Gasteiger partial charge is 0.271 e. The molecule has 8 heavy (non-hydrogen) atoms. The Kier molecular flexibility index (Phi) is 1.19. The van der Waals surface area contributed by atoms with Gasteiger partial charge in [0.15, 0.2) is 0 Å². The molecule has 1 fully saturated rings. The molecule has 0 aromatic carbocycles. The molecule has 2 N–H and O–H groups in total. The Morgan fingerprint density at radius 2 is 2.62 bits per heavy atom. The monoisotopic (exact) mass is 116 g/mol. The Morgan fingerprint density at radius 1 is 2.00 bits per heavy atom. The lowest BCUT2D eigenvalue weighted by atomic mass is 10.3. The van der Waals surface area contributed by atoms with Crippen LogP contribution in [-0.4, -0.2) is 17.2 Å². The van der Waals surface area contributed by atoms with Gasteiger partial charge < -0.3 is 0 Å². The van der Waals surface area contributed by atoms with Crippen LogP contribution < -0.4 is 5.84 Å². The molecule has 4 nitrogen and oxygen atoms in total. The number of amides is 1. The Balaban J connectivity index is 2.51. The lowest BCUT2D eigenvalue weighted by Crippen LogP contribution is -2.30. The maximum absolute atomic E-state index is 10.5. The minimum absolute atomic E-state index is 0.0486. The molecule has 0 radical (unpaired) electrons. The average molecular weight is 116 g/mol. The van der Waals surface area contributed by atoms with Gasteiger partial charge in [0.2, 0.25) is 0 Å². The lowest BCUT2D eigenvalue weighted by Gasteiger charge is -2.04. The smallest absolute Gasteiger partial charge is 0.263 e. The third-order valence-corrected chi connectivity index (χ3v) is 1.00. The zero-order valence-electron chi connectivity index (χ0n) is 4.63. The second-order valence-electron chi connectivity index (χ2n) is 1.84. The number of nitrogens with zero attached hydrogens (tertiary/aromatic N) is 1. The van der Waals surface area contributed by atoms with Gasteiger partial charge in [0.05, 0.1) is 12.5 Å². The molecule has 1 aliphatic heterocycles. The molecule has 1 saturated heterocycles. The zero-order chi connectivity index (χ0) is 6.15. The summed E-state index contributed by atoms with van der Waals surface area (Å²) < 4.78 is 0. The predicted octanol–water partition coefficient (Wildman–Crippen LogP) is -0.587. The topological polar surface area (TPSA) is 55.6 Å². The highest BCUT2D eigenvalue weighted by atomic mass is 16.7. The summed E-state index contributed by atoms with van der Waals surface area (Å²) in [5.41, 5.74) is 0. The number of carbonyl (C=O) groups excluding carboxylic acids is 1. The van der Waals surface area contributed by atoms with Crippen LogP contribution in [-0.2, 0) is 9.63 Å². The molecule has 46 valence electrons. The summed E-state index contributed by atoms with van der Waals surface area (Å²) >= 11 is 0. The van der Waals surface area contributed by atoms with Gasteiger partial charge in [0.25, 0.3) is 5.91 Å². The quantitative estimate of drug-likeness (QED) is 0.340. The van der Waals surface area contributed by atoms with E-state index in [1.807, 2.05) is 0 Å². The van der Waals surface area contributed by atoms with Crippen LogP contribution in [0.3, 0.4) is 0 Å². The maximum atomic E-state index is 10.5. The van der Waals surface area contributed by atoms with Gasteiger partial charge in [-0.15, -0.1) is 0 Å². The average Bonchev–Trinajstić information content (AvgIpc) is 1.85. The number of carbonyl (C=O) groups is 1. The molecule has 1 unspecified atom stereocenters. The Morgan fingerprint density at radius 3 is 2.75 bits per heavy atom. The third-order valence-electron chi connectivity index (χ3n) is 1.00. The predicted molar refractivity (Wildman–Crippen MR) is 26.2 cm³/mol. The summed E-state index contributed by atoms with van der Waals surface area (Å²) in [7, 11) is 0. The van der Waals surface area contributed by atoms with E-state index in [1.165, 1.54) is 0 Å². The fraction of sp³-hybridized carbons (Fsp3) is 0.750. The van der Waals surface area contributed by atoms with Crippen molar-refractivity contribution in [1.82, 2.24) is 5.17 Å². The lowest BCUT2D eigenvalue weighted by molar-refractivity contribution is -0.172. The van der Waals surface area contributed by atoms with Gasteiger partial charge in [-0.2, -0.15) is 5.17 Å². The first-order chi connectivity index (χ1) is 3.70. The summed E-state index contributed by atoms with van der Waals surface area (Å²) in [5, 5.41) is 0.782. The minimum Gasteiger partial charge on any atom is -0.271 e. The SMILES string of the molecule is CC1CC(=O)N(N)O1. The standard InChI is InChI=1S/C4H8N2O2/c1-3-2-4(7)6(5)8-3/h3H,2,5H2,1H3. The van der Waals surface area contributed by atoms with Gasteiger partial charge in [0, 0.05) is 0 Å². The van der Waals surface area contributed by atoms with Crippen molar-refractivity contribution in [3.05, 3.63) is 0 Å². The summed E-state index contributed by atoms with van der Waals surface area (Å²) in [5.74, 6) is 4.88. The van der Waals surface area contributed by atoms with Crippen molar-refractivity contribution in [1.29, 1.82) is 0 Å². The van der Waals surface area contributed by atoms with E-state index in [0.29, 0.717) is 6.42 Å². The van der Waals surface area contributed by atoms with Crippen LogP contribution in [0.4, 0.5) is 0 Å². The van der Waals surface area contributed by atoms with Crippen molar-refractivity contribution < 1.29 is 9.63 Å². The number of hydrogen-bond donors (Lipinski definition) is 1. The van der Waals surface area contributed by atoms with Gasteiger partial charge in [-0.05, 0) is 6.92 Å². The van der Waals surface area contributed by atoms with Crippen LogP contribution in [0.15, 0.2) is 0 Å². The van der Waals surface area contributed by atoms with Crippen LogP contribution >= 0.6 is 0 Å². The van der Waals surface area contributed by atoms with Gasteiger partial charge in [-0.1, -0.05) is 0 Å². The maximum Gasteiger partial charge on any atom is 0.263 e. The number of hydroxylamine groups is 1. The van der Waals surface area contributed by atoms with E-state index in [-0.39, 0.29) is 12.0 Å². The molecule has 4 heteroatoms. The fourth-order valence-electron chi connectivity index (χ4n) is 0.626. The third kappa shape index (κ3) is 0.801. The number of rotatable bonds is 0.